The fraction of sp³-hybridized carbons (Fsp3) is 0.333. The molecule has 0 aliphatic carbocycles. The Kier molecular flexibility index (Phi) is 4.98. The van der Waals surface area contributed by atoms with Gasteiger partial charge in [-0.3, -0.25) is 9.48 Å². The summed E-state index contributed by atoms with van der Waals surface area (Å²) < 4.78 is 14.8. The first kappa shape index (κ1) is 16.9. The molecule has 1 amide bonds. The summed E-state index contributed by atoms with van der Waals surface area (Å²) in [6, 6.07) is 6.30. The van der Waals surface area contributed by atoms with Crippen molar-refractivity contribution in [2.75, 3.05) is 5.32 Å². The number of carbonyl (C=O) groups excluding carboxylic acids is 1. The van der Waals surface area contributed by atoms with Gasteiger partial charge in [0.15, 0.2) is 0 Å². The van der Waals surface area contributed by atoms with E-state index < -0.39 is 0 Å². The van der Waals surface area contributed by atoms with Gasteiger partial charge in [-0.05, 0) is 57.9 Å². The quantitative estimate of drug-likeness (QED) is 0.857. The molecule has 4 nitrogen and oxygen atoms in total. The van der Waals surface area contributed by atoms with Crippen LogP contribution in [0.3, 0.4) is 0 Å². The van der Waals surface area contributed by atoms with Gasteiger partial charge in [-0.15, -0.1) is 0 Å². The minimum atomic E-state index is -0.293. The van der Waals surface area contributed by atoms with Crippen molar-refractivity contribution in [3.05, 3.63) is 53.1 Å². The van der Waals surface area contributed by atoms with E-state index in [0.29, 0.717) is 0 Å². The van der Waals surface area contributed by atoms with Gasteiger partial charge in [0.05, 0.1) is 17.1 Å². The van der Waals surface area contributed by atoms with Crippen LogP contribution >= 0.6 is 0 Å². The summed E-state index contributed by atoms with van der Waals surface area (Å²) >= 11 is 0. The van der Waals surface area contributed by atoms with E-state index >= 15 is 0 Å². The average Bonchev–Trinajstić information content (AvgIpc) is 2.76. The molecule has 0 saturated heterocycles. The zero-order valence-electron chi connectivity index (χ0n) is 14.1. The Balaban J connectivity index is 2.19. The zero-order valence-corrected chi connectivity index (χ0v) is 14.1. The molecular weight excluding hydrogens is 293 g/mol. The number of amides is 1. The molecule has 5 heteroatoms. The van der Waals surface area contributed by atoms with Crippen molar-refractivity contribution < 1.29 is 9.18 Å². The van der Waals surface area contributed by atoms with Gasteiger partial charge >= 0.3 is 0 Å². The molecule has 0 aliphatic heterocycles. The van der Waals surface area contributed by atoms with Crippen LogP contribution in [-0.2, 0) is 4.79 Å². The maximum atomic E-state index is 12.9. The van der Waals surface area contributed by atoms with Gasteiger partial charge in [0.1, 0.15) is 5.82 Å². The molecule has 0 unspecified atom stereocenters. The standard InChI is InChI=1S/C18H22FN3O/c1-11(2)22-14(5)18(13(4)21-22)20-17(23)10-12(3)15-6-8-16(19)9-7-15/h6-11H,1-5H3,(H,20,23). The summed E-state index contributed by atoms with van der Waals surface area (Å²) in [4.78, 5) is 12.2. The Labute approximate surface area is 136 Å². The number of hydrogen-bond acceptors (Lipinski definition) is 2. The van der Waals surface area contributed by atoms with E-state index in [0.717, 1.165) is 28.2 Å². The fourth-order valence-electron chi connectivity index (χ4n) is 2.50. The van der Waals surface area contributed by atoms with Gasteiger partial charge in [0, 0.05) is 12.1 Å². The molecule has 0 radical (unpaired) electrons. The third-order valence-electron chi connectivity index (χ3n) is 3.71. The lowest BCUT2D eigenvalue weighted by Crippen LogP contribution is -2.11. The number of aryl methyl sites for hydroxylation is 1. The fourth-order valence-corrected chi connectivity index (χ4v) is 2.50. The Morgan fingerprint density at radius 2 is 1.87 bits per heavy atom. The average molecular weight is 315 g/mol. The molecule has 0 aliphatic rings. The van der Waals surface area contributed by atoms with Gasteiger partial charge in [0.25, 0.3) is 0 Å². The summed E-state index contributed by atoms with van der Waals surface area (Å²) in [7, 11) is 0. The summed E-state index contributed by atoms with van der Waals surface area (Å²) in [6.45, 7) is 9.72. The van der Waals surface area contributed by atoms with Crippen molar-refractivity contribution in [3.8, 4) is 0 Å². The molecule has 122 valence electrons. The van der Waals surface area contributed by atoms with E-state index in [-0.39, 0.29) is 17.8 Å². The van der Waals surface area contributed by atoms with Gasteiger partial charge in [-0.25, -0.2) is 4.39 Å². The van der Waals surface area contributed by atoms with E-state index in [1.165, 1.54) is 18.2 Å². The molecule has 0 fully saturated rings. The molecule has 1 aromatic heterocycles. The Hall–Kier alpha value is -2.43. The van der Waals surface area contributed by atoms with Gasteiger partial charge in [0.2, 0.25) is 5.91 Å². The molecule has 2 rings (SSSR count). The van der Waals surface area contributed by atoms with Crippen LogP contribution in [0.5, 0.6) is 0 Å². The van der Waals surface area contributed by atoms with Gasteiger partial charge in [-0.1, -0.05) is 12.1 Å². The van der Waals surface area contributed by atoms with Crippen LogP contribution in [-0.4, -0.2) is 15.7 Å². The molecule has 0 bridgehead atoms. The molecule has 1 aromatic carbocycles. The smallest absolute Gasteiger partial charge is 0.248 e. The Morgan fingerprint density at radius 3 is 2.39 bits per heavy atom. The highest BCUT2D eigenvalue weighted by Crippen LogP contribution is 2.23. The maximum absolute atomic E-state index is 12.9. The number of carbonyl (C=O) groups is 1. The van der Waals surface area contributed by atoms with E-state index in [9.17, 15) is 9.18 Å². The van der Waals surface area contributed by atoms with Crippen LogP contribution in [0.1, 0.15) is 43.8 Å². The summed E-state index contributed by atoms with van der Waals surface area (Å²) in [5, 5.41) is 7.34. The second kappa shape index (κ2) is 6.77. The number of nitrogens with one attached hydrogen (secondary N) is 1. The molecule has 23 heavy (non-hydrogen) atoms. The topological polar surface area (TPSA) is 46.9 Å². The highest BCUT2D eigenvalue weighted by atomic mass is 19.1. The largest absolute Gasteiger partial charge is 0.319 e. The van der Waals surface area contributed by atoms with Gasteiger partial charge < -0.3 is 5.32 Å². The van der Waals surface area contributed by atoms with Crippen LogP contribution in [0.15, 0.2) is 30.3 Å². The number of rotatable bonds is 4. The Morgan fingerprint density at radius 1 is 1.26 bits per heavy atom. The minimum absolute atomic E-state index is 0.221. The third-order valence-corrected chi connectivity index (χ3v) is 3.71. The molecule has 0 spiro atoms. The highest BCUT2D eigenvalue weighted by Gasteiger charge is 2.15. The Bertz CT molecular complexity index is 742. The van der Waals surface area contributed by atoms with Crippen LogP contribution in [0.4, 0.5) is 10.1 Å². The maximum Gasteiger partial charge on any atom is 0.248 e. The molecule has 0 atom stereocenters. The first-order chi connectivity index (χ1) is 10.8. The predicted molar refractivity (Wildman–Crippen MR) is 90.8 cm³/mol. The second-order valence-electron chi connectivity index (χ2n) is 5.91. The number of aromatic nitrogens is 2. The van der Waals surface area contributed by atoms with Crippen molar-refractivity contribution in [1.29, 1.82) is 0 Å². The number of hydrogen-bond donors (Lipinski definition) is 1. The van der Waals surface area contributed by atoms with Crippen LogP contribution in [0, 0.1) is 19.7 Å². The van der Waals surface area contributed by atoms with Crippen molar-refractivity contribution in [2.24, 2.45) is 0 Å². The molecule has 0 saturated carbocycles. The number of nitrogens with zero attached hydrogens (tertiary/aromatic N) is 2. The summed E-state index contributed by atoms with van der Waals surface area (Å²) in [5.74, 6) is -0.514. The molecular formula is C18H22FN3O. The van der Waals surface area contributed by atoms with Crippen LogP contribution in [0.2, 0.25) is 0 Å². The van der Waals surface area contributed by atoms with Crippen LogP contribution < -0.4 is 5.32 Å². The lowest BCUT2D eigenvalue weighted by Gasteiger charge is -2.09. The number of allylic oxidation sites excluding steroid dienone is 1. The predicted octanol–water partition coefficient (Wildman–Crippen LogP) is 4.26. The first-order valence-corrected chi connectivity index (χ1v) is 7.60. The monoisotopic (exact) mass is 315 g/mol. The zero-order chi connectivity index (χ0) is 17.1. The minimum Gasteiger partial charge on any atom is -0.319 e. The molecule has 1 heterocycles. The van der Waals surface area contributed by atoms with Crippen molar-refractivity contribution in [3.63, 3.8) is 0 Å². The SMILES string of the molecule is CC(=CC(=O)Nc1c(C)nn(C(C)C)c1C)c1ccc(F)cc1. The summed E-state index contributed by atoms with van der Waals surface area (Å²) in [5.41, 5.74) is 4.05. The lowest BCUT2D eigenvalue weighted by atomic mass is 10.1. The number of benzene rings is 1. The van der Waals surface area contributed by atoms with Crippen molar-refractivity contribution >= 4 is 17.2 Å². The first-order valence-electron chi connectivity index (χ1n) is 7.60. The second-order valence-corrected chi connectivity index (χ2v) is 5.91. The molecule has 1 N–H and O–H groups in total. The van der Waals surface area contributed by atoms with Crippen molar-refractivity contribution in [2.45, 2.75) is 40.7 Å². The van der Waals surface area contributed by atoms with Crippen LogP contribution in [0.25, 0.3) is 5.57 Å². The van der Waals surface area contributed by atoms with E-state index in [2.05, 4.69) is 10.4 Å². The van der Waals surface area contributed by atoms with E-state index in [4.69, 9.17) is 0 Å². The highest BCUT2D eigenvalue weighted by molar-refractivity contribution is 6.04. The number of anilines is 1. The number of halogens is 1. The van der Waals surface area contributed by atoms with Crippen molar-refractivity contribution in [1.82, 2.24) is 9.78 Å². The lowest BCUT2D eigenvalue weighted by molar-refractivity contribution is -0.111. The third kappa shape index (κ3) is 3.86. The molecule has 2 aromatic rings. The van der Waals surface area contributed by atoms with E-state index in [1.807, 2.05) is 39.3 Å². The normalized spacial score (nSPS) is 11.9. The van der Waals surface area contributed by atoms with E-state index in [1.54, 1.807) is 12.1 Å². The summed E-state index contributed by atoms with van der Waals surface area (Å²) in [6.07, 6.45) is 1.51. The van der Waals surface area contributed by atoms with Gasteiger partial charge in [-0.2, -0.15) is 5.10 Å².